The molecule has 9 amide bonds. The number of carbonyl (C=O) groups excluding carboxylic acids is 12. The van der Waals surface area contributed by atoms with Crippen molar-refractivity contribution in [1.82, 2.24) is 45.3 Å². The maximum atomic E-state index is 15.1. The molecule has 0 aromatic carbocycles. The van der Waals surface area contributed by atoms with Gasteiger partial charge in [0, 0.05) is 41.8 Å². The number of esters is 3. The fourth-order valence-corrected chi connectivity index (χ4v) is 10.8. The summed E-state index contributed by atoms with van der Waals surface area (Å²) < 4.78 is 15.7. The van der Waals surface area contributed by atoms with E-state index in [0.717, 1.165) is 33.8 Å². The molecule has 2 heterocycles. The zero-order valence-electron chi connectivity index (χ0n) is 51.9. The van der Waals surface area contributed by atoms with Crippen LogP contribution >= 0.6 is 0 Å². The van der Waals surface area contributed by atoms with Crippen LogP contribution in [0.25, 0.3) is 0 Å². The predicted molar refractivity (Wildman–Crippen MR) is 300 cm³/mol. The van der Waals surface area contributed by atoms with E-state index < -0.39 is 174 Å². The Kier molecular flexibility index (Phi) is 27.7. The van der Waals surface area contributed by atoms with Crippen molar-refractivity contribution >= 4 is 71.1 Å². The molecule has 2 fully saturated rings. The third kappa shape index (κ3) is 18.1. The summed E-state index contributed by atoms with van der Waals surface area (Å²) in [4.78, 5) is 180. The quantitative estimate of drug-likeness (QED) is 0.176. The summed E-state index contributed by atoms with van der Waals surface area (Å²) in [6.07, 6.45) is -0.865. The number of ether oxygens (including phenoxy) is 3. The van der Waals surface area contributed by atoms with Gasteiger partial charge in [-0.1, -0.05) is 95.9 Å². The molecule has 2 aliphatic rings. The van der Waals surface area contributed by atoms with Crippen LogP contribution in [-0.2, 0) is 71.7 Å². The smallest absolute Gasteiger partial charge is 0.329 e. The van der Waals surface area contributed by atoms with Crippen molar-refractivity contribution in [3.8, 4) is 0 Å². The minimum absolute atomic E-state index is 0.0436. The first kappa shape index (κ1) is 70.7. The zero-order chi connectivity index (χ0) is 62.2. The molecule has 460 valence electrons. The number of nitrogens with zero attached hydrogens (tertiary/aromatic N) is 6. The van der Waals surface area contributed by atoms with E-state index in [0.29, 0.717) is 25.7 Å². The Bertz CT molecular complexity index is 2260. The number of hydrogen-bond acceptors (Lipinski definition) is 15. The Morgan fingerprint density at radius 3 is 1.48 bits per heavy atom. The van der Waals surface area contributed by atoms with E-state index in [4.69, 9.17) is 14.2 Å². The van der Waals surface area contributed by atoms with Crippen LogP contribution in [0.2, 0.25) is 0 Å². The highest BCUT2D eigenvalue weighted by Crippen LogP contribution is 2.27. The van der Waals surface area contributed by atoms with E-state index >= 15 is 9.59 Å². The number of methoxy groups -OCH3 is 2. The van der Waals surface area contributed by atoms with Crippen LogP contribution in [0.4, 0.5) is 0 Å². The molecule has 2 saturated heterocycles. The lowest BCUT2D eigenvalue weighted by molar-refractivity contribution is -0.165. The fourth-order valence-electron chi connectivity index (χ4n) is 10.8. The van der Waals surface area contributed by atoms with Gasteiger partial charge in [0.1, 0.15) is 54.4 Å². The van der Waals surface area contributed by atoms with Gasteiger partial charge in [-0.05, 0) is 68.1 Å². The Morgan fingerprint density at radius 2 is 0.988 bits per heavy atom. The van der Waals surface area contributed by atoms with Gasteiger partial charge in [-0.2, -0.15) is 0 Å². The number of fused-ring (bicyclic) bond motifs is 1. The van der Waals surface area contributed by atoms with Crippen LogP contribution < -0.4 is 16.0 Å². The van der Waals surface area contributed by atoms with Gasteiger partial charge in [-0.3, -0.25) is 52.7 Å². The third-order valence-electron chi connectivity index (χ3n) is 15.9. The number of cyclic esters (lactones) is 1. The first-order valence-electron chi connectivity index (χ1n) is 28.6. The molecule has 12 atom stereocenters. The zero-order valence-corrected chi connectivity index (χ0v) is 51.9. The van der Waals surface area contributed by atoms with Crippen LogP contribution in [0, 0.1) is 35.5 Å². The molecule has 24 heteroatoms. The van der Waals surface area contributed by atoms with Crippen LogP contribution in [0.5, 0.6) is 0 Å². The minimum Gasteiger partial charge on any atom is -0.469 e. The van der Waals surface area contributed by atoms with Crippen molar-refractivity contribution in [1.29, 1.82) is 0 Å². The maximum absolute atomic E-state index is 15.1. The SMILES string of the molecule is CC[C@H](C)[C@H]1C(=O)N[C@@H](CC(=O)OC)C(=O)N(C)[C@@H](C(C)C)C(=O)N[C@@H](CC(C)C)C(=O)O[C@@H](C)C(=O)N2CCCC[C@H]2C(=O)N(C)[C@@H](C(C)C)C(=O)N[C@@H](C(C)C)C(=O)N(C)[C@@H](CC(=O)OC)C(=O)N(C)[C@@H]([C@@H](C)CC)C(=O)N1C. The van der Waals surface area contributed by atoms with E-state index in [-0.39, 0.29) is 25.3 Å². The average Bonchev–Trinajstić information content (AvgIpc) is 3.45. The summed E-state index contributed by atoms with van der Waals surface area (Å²) >= 11 is 0. The van der Waals surface area contributed by atoms with Crippen LogP contribution in [-0.4, -0.2) is 217 Å². The number of nitrogens with one attached hydrogen (secondary N) is 3. The number of likely N-dealkylation sites (N-methyl/N-ethyl adjacent to an activating group) is 5. The standard InChI is InChI=1S/C57H97N9O15/c1-21-34(11)46-50(71)58-37(28-41(67)79-19)52(73)62(15)44(32(7)8)48(69)59-38(27-30(3)4)57(78)81-36(13)51(72)66-26-24-23-25-39(66)53(74)63(16)45(33(9)10)49(70)60-43(31(5)6)55(76)61(14)40(29-42(68)80-20)54(75)65(18)47(35(12)22-2)56(77)64(46)17/h30-40,43-47H,21-29H2,1-20H3,(H,58,71)(H,59,69)(H,60,70)/t34-,35-,36-,37-,38-,39-,40-,43-,44-,45-,46-,47-/m0/s1. The second-order valence-electron chi connectivity index (χ2n) is 23.5. The number of piperidine rings is 1. The molecule has 0 unspecified atom stereocenters. The lowest BCUT2D eigenvalue weighted by atomic mass is 9.92. The van der Waals surface area contributed by atoms with E-state index in [1.54, 1.807) is 83.1 Å². The molecule has 24 nitrogen and oxygen atoms in total. The molecule has 0 aromatic heterocycles. The molecule has 81 heavy (non-hydrogen) atoms. The summed E-state index contributed by atoms with van der Waals surface area (Å²) in [7, 11) is 8.92. The van der Waals surface area contributed by atoms with Gasteiger partial charge in [0.05, 0.1) is 27.1 Å². The van der Waals surface area contributed by atoms with E-state index in [9.17, 15) is 47.9 Å². The van der Waals surface area contributed by atoms with Crippen molar-refractivity contribution in [2.45, 2.75) is 202 Å². The maximum Gasteiger partial charge on any atom is 0.329 e. The van der Waals surface area contributed by atoms with Gasteiger partial charge in [0.15, 0.2) is 6.10 Å². The van der Waals surface area contributed by atoms with Crippen molar-refractivity contribution in [2.24, 2.45) is 35.5 Å². The normalized spacial score (nSPS) is 27.5. The molecule has 2 aliphatic heterocycles. The molecule has 0 saturated carbocycles. The molecule has 0 radical (unpaired) electrons. The summed E-state index contributed by atoms with van der Waals surface area (Å²) in [5.74, 6) is -12.9. The van der Waals surface area contributed by atoms with Gasteiger partial charge in [-0.25, -0.2) is 4.79 Å². The lowest BCUT2D eigenvalue weighted by Gasteiger charge is -2.41. The molecule has 0 spiro atoms. The second kappa shape index (κ2) is 31.7. The highest BCUT2D eigenvalue weighted by atomic mass is 16.6. The Balaban J connectivity index is 3.04. The van der Waals surface area contributed by atoms with Crippen LogP contribution in [0.15, 0.2) is 0 Å². The molecular weight excluding hydrogens is 1050 g/mol. The van der Waals surface area contributed by atoms with Crippen molar-refractivity contribution in [2.75, 3.05) is 56.0 Å². The molecule has 0 aromatic rings. The van der Waals surface area contributed by atoms with Crippen molar-refractivity contribution < 1.29 is 71.7 Å². The first-order valence-corrected chi connectivity index (χ1v) is 28.6. The summed E-state index contributed by atoms with van der Waals surface area (Å²) in [5.41, 5.74) is 0. The molecule has 0 aliphatic carbocycles. The van der Waals surface area contributed by atoms with Crippen molar-refractivity contribution in [3.63, 3.8) is 0 Å². The average molecular weight is 1150 g/mol. The fraction of sp³-hybridized carbons (Fsp3) is 0.789. The topological polar surface area (TPSA) is 288 Å². The number of hydrogen-bond donors (Lipinski definition) is 3. The summed E-state index contributed by atoms with van der Waals surface area (Å²) in [6, 6.07) is -12.2. The molecule has 0 bridgehead atoms. The van der Waals surface area contributed by atoms with Gasteiger partial charge in [0.2, 0.25) is 47.3 Å². The number of amides is 9. The number of carbonyl (C=O) groups is 12. The number of rotatable bonds is 13. The summed E-state index contributed by atoms with van der Waals surface area (Å²) in [5, 5.41) is 8.20. The predicted octanol–water partition coefficient (Wildman–Crippen LogP) is 2.13. The van der Waals surface area contributed by atoms with Crippen LogP contribution in [0.3, 0.4) is 0 Å². The molecule has 3 N–H and O–H groups in total. The Hall–Kier alpha value is -6.36. The van der Waals surface area contributed by atoms with Crippen LogP contribution in [0.1, 0.15) is 141 Å². The summed E-state index contributed by atoms with van der Waals surface area (Å²) in [6.45, 7) is 22.1. The highest BCUT2D eigenvalue weighted by molar-refractivity contribution is 6.00. The Labute approximate surface area is 480 Å². The first-order chi connectivity index (χ1) is 37.7. The van der Waals surface area contributed by atoms with Gasteiger partial charge in [0.25, 0.3) is 5.91 Å². The second-order valence-corrected chi connectivity index (χ2v) is 23.5. The monoisotopic (exact) mass is 1150 g/mol. The Morgan fingerprint density at radius 1 is 0.531 bits per heavy atom. The highest BCUT2D eigenvalue weighted by Gasteiger charge is 2.47. The third-order valence-corrected chi connectivity index (χ3v) is 15.9. The van der Waals surface area contributed by atoms with Gasteiger partial charge in [-0.15, -0.1) is 0 Å². The van der Waals surface area contributed by atoms with Crippen molar-refractivity contribution in [3.05, 3.63) is 0 Å². The largest absolute Gasteiger partial charge is 0.469 e. The van der Waals surface area contributed by atoms with E-state index in [1.807, 2.05) is 0 Å². The lowest BCUT2D eigenvalue weighted by Crippen LogP contribution is -2.63. The van der Waals surface area contributed by atoms with Gasteiger partial charge < -0.3 is 59.6 Å². The minimum atomic E-state index is -1.66. The van der Waals surface area contributed by atoms with Gasteiger partial charge >= 0.3 is 17.9 Å². The molecule has 2 rings (SSSR count). The van der Waals surface area contributed by atoms with E-state index in [1.165, 1.54) is 52.0 Å². The van der Waals surface area contributed by atoms with E-state index in [2.05, 4.69) is 16.0 Å². The molecular formula is C57H97N9O15.